The van der Waals surface area contributed by atoms with Crippen LogP contribution in [-0.4, -0.2) is 9.97 Å². The molecule has 33 heavy (non-hydrogen) atoms. The molecule has 2 aromatic carbocycles. The van der Waals surface area contributed by atoms with Crippen LogP contribution in [-0.2, 0) is 12.8 Å². The predicted octanol–water partition coefficient (Wildman–Crippen LogP) is 7.57. The zero-order valence-corrected chi connectivity index (χ0v) is 20.4. The van der Waals surface area contributed by atoms with Gasteiger partial charge >= 0.3 is 0 Å². The largest absolute Gasteiger partial charge is 0.250 e. The van der Waals surface area contributed by atoms with Crippen LogP contribution in [0.4, 0.5) is 0 Å². The van der Waals surface area contributed by atoms with Crippen LogP contribution in [0.15, 0.2) is 72.8 Å². The van der Waals surface area contributed by atoms with E-state index in [1.165, 1.54) is 33.7 Å². The van der Waals surface area contributed by atoms with Crippen molar-refractivity contribution in [3.8, 4) is 10.7 Å². The van der Waals surface area contributed by atoms with Gasteiger partial charge in [0.25, 0.3) is 0 Å². The Labute approximate surface area is 200 Å². The Kier molecular flexibility index (Phi) is 4.99. The third kappa shape index (κ3) is 3.54. The van der Waals surface area contributed by atoms with Gasteiger partial charge in [-0.1, -0.05) is 80.6 Å². The lowest BCUT2D eigenvalue weighted by Gasteiger charge is -2.60. The summed E-state index contributed by atoms with van der Waals surface area (Å²) in [5, 5.41) is 1.05. The Morgan fingerprint density at radius 1 is 0.879 bits per heavy atom. The summed E-state index contributed by atoms with van der Waals surface area (Å²) < 4.78 is 0. The summed E-state index contributed by atoms with van der Waals surface area (Å²) in [6, 6.07) is 26.2. The predicted molar refractivity (Wildman–Crippen MR) is 137 cm³/mol. The molecule has 3 aliphatic rings. The zero-order chi connectivity index (χ0) is 22.6. The van der Waals surface area contributed by atoms with E-state index >= 15 is 0 Å². The van der Waals surface area contributed by atoms with Crippen LogP contribution in [0.1, 0.15) is 65.1 Å². The minimum absolute atomic E-state index is 0.357. The Hall–Kier alpha value is -2.78. The highest BCUT2D eigenvalue weighted by atomic mass is 32.1. The van der Waals surface area contributed by atoms with E-state index in [0.717, 1.165) is 29.2 Å². The molecular weight excluding hydrogens is 420 g/mol. The quantitative estimate of drug-likeness (QED) is 0.313. The molecule has 0 radical (unpaired) electrons. The lowest BCUT2D eigenvalue weighted by molar-refractivity contribution is -0.00746. The second-order valence-electron chi connectivity index (χ2n) is 10.4. The van der Waals surface area contributed by atoms with Gasteiger partial charge in [-0.05, 0) is 59.8 Å². The van der Waals surface area contributed by atoms with E-state index in [1.807, 2.05) is 0 Å². The molecular formula is C30H30N2S. The fourth-order valence-electron chi connectivity index (χ4n) is 6.15. The molecule has 4 aromatic rings. The topological polar surface area (TPSA) is 25.8 Å². The molecule has 0 N–H and O–H groups in total. The van der Waals surface area contributed by atoms with Crippen LogP contribution in [0.3, 0.4) is 0 Å². The maximum Gasteiger partial charge on any atom is 0.142 e. The van der Waals surface area contributed by atoms with E-state index < -0.39 is 0 Å². The first-order valence-corrected chi connectivity index (χ1v) is 12.9. The van der Waals surface area contributed by atoms with Gasteiger partial charge < -0.3 is 0 Å². The number of aromatic nitrogens is 2. The van der Waals surface area contributed by atoms with Crippen molar-refractivity contribution in [2.45, 2.75) is 51.9 Å². The smallest absolute Gasteiger partial charge is 0.142 e. The first-order valence-electron chi connectivity index (χ1n) is 12.1. The van der Waals surface area contributed by atoms with Gasteiger partial charge in [0.2, 0.25) is 0 Å². The maximum atomic E-state index is 5.32. The van der Waals surface area contributed by atoms with Crippen molar-refractivity contribution >= 4 is 11.3 Å². The molecule has 3 atom stereocenters. The number of benzene rings is 2. The Bertz CT molecular complexity index is 1290. The first kappa shape index (κ1) is 20.8. The second kappa shape index (κ2) is 7.92. The monoisotopic (exact) mass is 450 g/mol. The van der Waals surface area contributed by atoms with E-state index in [4.69, 9.17) is 9.97 Å². The molecule has 0 unspecified atom stereocenters. The summed E-state index contributed by atoms with van der Waals surface area (Å²) in [5.74, 6) is 1.81. The van der Waals surface area contributed by atoms with E-state index in [-0.39, 0.29) is 0 Å². The van der Waals surface area contributed by atoms with Crippen LogP contribution in [0.25, 0.3) is 10.7 Å². The maximum absolute atomic E-state index is 5.32. The summed E-state index contributed by atoms with van der Waals surface area (Å²) in [6.07, 6.45) is 3.31. The average molecular weight is 451 g/mol. The number of aryl methyl sites for hydroxylation is 1. The SMILES string of the molecule is Cc1nc(-c2ccc3c(n2)[C@@H](Cc2ccccc2)[C@H]2C[C@@H]3C2(C)C)sc1Cc1ccccc1. The molecule has 0 saturated heterocycles. The molecule has 2 aromatic heterocycles. The molecule has 1 fully saturated rings. The third-order valence-corrected chi connectivity index (χ3v) is 9.31. The van der Waals surface area contributed by atoms with Crippen LogP contribution < -0.4 is 0 Å². The highest BCUT2D eigenvalue weighted by Crippen LogP contribution is 2.66. The summed E-state index contributed by atoms with van der Waals surface area (Å²) in [4.78, 5) is 11.6. The van der Waals surface area contributed by atoms with Crippen molar-refractivity contribution < 1.29 is 0 Å². The van der Waals surface area contributed by atoms with Gasteiger partial charge in [0.05, 0.1) is 11.4 Å². The van der Waals surface area contributed by atoms with Crippen molar-refractivity contribution in [1.29, 1.82) is 0 Å². The van der Waals surface area contributed by atoms with Gasteiger partial charge in [-0.3, -0.25) is 0 Å². The summed E-state index contributed by atoms with van der Waals surface area (Å²) in [7, 11) is 0. The minimum atomic E-state index is 0.357. The van der Waals surface area contributed by atoms with Crippen LogP contribution in [0.2, 0.25) is 0 Å². The van der Waals surface area contributed by atoms with Crippen LogP contribution in [0.5, 0.6) is 0 Å². The minimum Gasteiger partial charge on any atom is -0.250 e. The van der Waals surface area contributed by atoms with E-state index in [1.54, 1.807) is 11.3 Å². The molecule has 2 bridgehead atoms. The van der Waals surface area contributed by atoms with Crippen LogP contribution in [0, 0.1) is 18.3 Å². The standard InChI is InChI=1S/C30H30N2S/c1-19-27(17-21-12-8-5-9-13-21)33-29(31-19)26-15-14-22-24-18-25(30(24,2)3)23(28(22)32-26)16-20-10-6-4-7-11-20/h4-15,23-25H,16-18H2,1-3H3/t23-,24-,25+/m0/s1. The average Bonchev–Trinajstić information content (AvgIpc) is 3.19. The molecule has 0 aliphatic heterocycles. The molecule has 166 valence electrons. The molecule has 2 nitrogen and oxygen atoms in total. The Balaban J connectivity index is 1.36. The molecule has 3 aliphatic carbocycles. The molecule has 7 rings (SSSR count). The number of hydrogen-bond donors (Lipinski definition) is 0. The normalized spacial score (nSPS) is 22.5. The molecule has 0 spiro atoms. The Morgan fingerprint density at radius 3 is 2.27 bits per heavy atom. The highest BCUT2D eigenvalue weighted by Gasteiger charge is 2.57. The van der Waals surface area contributed by atoms with Crippen molar-refractivity contribution in [3.63, 3.8) is 0 Å². The number of thiazole rings is 1. The zero-order valence-electron chi connectivity index (χ0n) is 19.6. The molecule has 0 amide bonds. The van der Waals surface area contributed by atoms with Gasteiger partial charge in [-0.15, -0.1) is 11.3 Å². The van der Waals surface area contributed by atoms with Gasteiger partial charge in [0.15, 0.2) is 0 Å². The van der Waals surface area contributed by atoms with E-state index in [9.17, 15) is 0 Å². The van der Waals surface area contributed by atoms with Crippen molar-refractivity contribution in [2.75, 3.05) is 0 Å². The molecule has 1 saturated carbocycles. The number of rotatable bonds is 5. The summed E-state index contributed by atoms with van der Waals surface area (Å²) in [5.41, 5.74) is 8.08. The molecule has 2 heterocycles. The van der Waals surface area contributed by atoms with Gasteiger partial charge in [-0.25, -0.2) is 9.97 Å². The lowest BCUT2D eigenvalue weighted by atomic mass is 9.44. The summed E-state index contributed by atoms with van der Waals surface area (Å²) >= 11 is 1.80. The Morgan fingerprint density at radius 2 is 1.58 bits per heavy atom. The van der Waals surface area contributed by atoms with Gasteiger partial charge in [0, 0.05) is 22.9 Å². The highest BCUT2D eigenvalue weighted by molar-refractivity contribution is 7.15. The fourth-order valence-corrected chi connectivity index (χ4v) is 7.21. The summed E-state index contributed by atoms with van der Waals surface area (Å²) in [6.45, 7) is 7.05. The van der Waals surface area contributed by atoms with Gasteiger partial charge in [0.1, 0.15) is 5.01 Å². The number of pyridine rings is 1. The third-order valence-electron chi connectivity index (χ3n) is 8.13. The van der Waals surface area contributed by atoms with Crippen molar-refractivity contribution in [2.24, 2.45) is 11.3 Å². The molecule has 3 heteroatoms. The van der Waals surface area contributed by atoms with E-state index in [0.29, 0.717) is 23.2 Å². The van der Waals surface area contributed by atoms with E-state index in [2.05, 4.69) is 93.6 Å². The number of hydrogen-bond acceptors (Lipinski definition) is 3. The first-order chi connectivity index (χ1) is 16.0. The van der Waals surface area contributed by atoms with Crippen LogP contribution >= 0.6 is 11.3 Å². The van der Waals surface area contributed by atoms with Crippen molar-refractivity contribution in [1.82, 2.24) is 9.97 Å². The number of nitrogens with zero attached hydrogens (tertiary/aromatic N) is 2. The van der Waals surface area contributed by atoms with Gasteiger partial charge in [-0.2, -0.15) is 0 Å². The lowest BCUT2D eigenvalue weighted by Crippen LogP contribution is -2.51. The van der Waals surface area contributed by atoms with Crippen molar-refractivity contribution in [3.05, 3.63) is 106 Å². The second-order valence-corrected chi connectivity index (χ2v) is 11.5. The fraction of sp³-hybridized carbons (Fsp3) is 0.333.